The van der Waals surface area contributed by atoms with Crippen molar-refractivity contribution in [2.24, 2.45) is 0 Å². The van der Waals surface area contributed by atoms with Crippen LogP contribution in [-0.4, -0.2) is 41.7 Å². The van der Waals surface area contributed by atoms with Gasteiger partial charge in [0.15, 0.2) is 0 Å². The second kappa shape index (κ2) is 7.34. The fraction of sp³-hybridized carbons (Fsp3) is 0.267. The van der Waals surface area contributed by atoms with Crippen molar-refractivity contribution in [3.05, 3.63) is 47.5 Å². The summed E-state index contributed by atoms with van der Waals surface area (Å²) in [5.74, 6) is 0.956. The molecule has 0 aliphatic carbocycles. The van der Waals surface area contributed by atoms with Gasteiger partial charge >= 0.3 is 0 Å². The predicted molar refractivity (Wildman–Crippen MR) is 92.3 cm³/mol. The van der Waals surface area contributed by atoms with E-state index >= 15 is 0 Å². The van der Waals surface area contributed by atoms with E-state index in [-0.39, 0.29) is 9.92 Å². The molecule has 0 atom stereocenters. The van der Waals surface area contributed by atoms with Gasteiger partial charge in [0.1, 0.15) is 12.1 Å². The lowest BCUT2D eigenvalue weighted by atomic mass is 10.2. The smallest absolute Gasteiger partial charge is 0.252 e. The van der Waals surface area contributed by atoms with Gasteiger partial charge in [0.2, 0.25) is 10.0 Å². The summed E-state index contributed by atoms with van der Waals surface area (Å²) in [6.07, 6.45) is 6.24. The molecule has 2 heterocycles. The van der Waals surface area contributed by atoms with Crippen LogP contribution in [0.25, 0.3) is 5.78 Å². The molecule has 0 aliphatic rings. The van der Waals surface area contributed by atoms with Gasteiger partial charge in [-0.25, -0.2) is 22.6 Å². The first-order valence-corrected chi connectivity index (χ1v) is 9.33. The summed E-state index contributed by atoms with van der Waals surface area (Å²) in [7, 11) is -2.15. The Labute approximate surface area is 149 Å². The Hall–Kier alpha value is -2.23. The normalized spacial score (nSPS) is 11.8. The number of benzene rings is 1. The van der Waals surface area contributed by atoms with E-state index in [1.807, 2.05) is 6.20 Å². The highest BCUT2D eigenvalue weighted by Gasteiger charge is 2.15. The van der Waals surface area contributed by atoms with Crippen LogP contribution in [0, 0.1) is 0 Å². The molecule has 0 saturated carbocycles. The quantitative estimate of drug-likeness (QED) is 0.625. The number of rotatable bonds is 7. The minimum absolute atomic E-state index is 0.101. The van der Waals surface area contributed by atoms with Gasteiger partial charge in [0.05, 0.1) is 17.0 Å². The van der Waals surface area contributed by atoms with Gasteiger partial charge in [0, 0.05) is 18.9 Å². The number of fused-ring (bicyclic) bond motifs is 1. The Morgan fingerprint density at radius 2 is 2.16 bits per heavy atom. The van der Waals surface area contributed by atoms with E-state index in [1.165, 1.54) is 31.6 Å². The van der Waals surface area contributed by atoms with Crippen LogP contribution in [0.5, 0.6) is 5.75 Å². The van der Waals surface area contributed by atoms with E-state index in [2.05, 4.69) is 19.8 Å². The topological polar surface area (TPSA) is 98.5 Å². The van der Waals surface area contributed by atoms with Crippen LogP contribution in [0.4, 0.5) is 0 Å². The monoisotopic (exact) mass is 381 g/mol. The lowest BCUT2D eigenvalue weighted by molar-refractivity contribution is 0.414. The summed E-state index contributed by atoms with van der Waals surface area (Å²) in [5.41, 5.74) is 0.949. The van der Waals surface area contributed by atoms with Crippen LogP contribution in [0.2, 0.25) is 5.02 Å². The molecule has 2 aromatic heterocycles. The molecule has 25 heavy (non-hydrogen) atoms. The molecule has 0 saturated heterocycles. The number of nitrogens with one attached hydrogen (secondary N) is 1. The third-order valence-electron chi connectivity index (χ3n) is 3.56. The minimum Gasteiger partial charge on any atom is -0.495 e. The first-order valence-electron chi connectivity index (χ1n) is 7.47. The zero-order valence-electron chi connectivity index (χ0n) is 13.4. The zero-order valence-corrected chi connectivity index (χ0v) is 15.0. The Kier molecular flexibility index (Phi) is 5.16. The maximum Gasteiger partial charge on any atom is 0.252 e. The molecule has 0 bridgehead atoms. The van der Waals surface area contributed by atoms with E-state index in [9.17, 15) is 8.42 Å². The van der Waals surface area contributed by atoms with Crippen molar-refractivity contribution in [2.75, 3.05) is 13.7 Å². The van der Waals surface area contributed by atoms with E-state index < -0.39 is 10.0 Å². The predicted octanol–water partition coefficient (Wildman–Crippen LogP) is 1.70. The van der Waals surface area contributed by atoms with Gasteiger partial charge in [-0.15, -0.1) is 0 Å². The van der Waals surface area contributed by atoms with E-state index in [0.29, 0.717) is 30.9 Å². The van der Waals surface area contributed by atoms with Crippen molar-refractivity contribution in [3.63, 3.8) is 0 Å². The first-order chi connectivity index (χ1) is 12.0. The fourth-order valence-electron chi connectivity index (χ4n) is 2.28. The van der Waals surface area contributed by atoms with Crippen molar-refractivity contribution < 1.29 is 13.2 Å². The van der Waals surface area contributed by atoms with Gasteiger partial charge in [-0.1, -0.05) is 11.6 Å². The van der Waals surface area contributed by atoms with Crippen molar-refractivity contribution in [2.45, 2.75) is 17.7 Å². The Balaban J connectivity index is 1.57. The third kappa shape index (κ3) is 4.06. The molecule has 0 unspecified atom stereocenters. The average Bonchev–Trinajstić information content (AvgIpc) is 3.06. The maximum absolute atomic E-state index is 12.3. The lowest BCUT2D eigenvalue weighted by Gasteiger charge is -2.09. The molecule has 0 aliphatic heterocycles. The highest BCUT2D eigenvalue weighted by Crippen LogP contribution is 2.26. The summed E-state index contributed by atoms with van der Waals surface area (Å²) < 4.78 is 33.7. The number of nitrogens with zero attached hydrogens (tertiary/aromatic N) is 4. The van der Waals surface area contributed by atoms with Gasteiger partial charge < -0.3 is 4.74 Å². The lowest BCUT2D eigenvalue weighted by Crippen LogP contribution is -2.25. The number of hydrogen-bond donors (Lipinski definition) is 1. The average molecular weight is 382 g/mol. The zero-order chi connectivity index (χ0) is 17.9. The molecule has 8 nitrogen and oxygen atoms in total. The maximum atomic E-state index is 12.3. The molecular formula is C15H16ClN5O3S. The molecule has 10 heteroatoms. The fourth-order valence-corrected chi connectivity index (χ4v) is 3.71. The van der Waals surface area contributed by atoms with Crippen LogP contribution in [0.15, 0.2) is 41.8 Å². The number of hydrogen-bond acceptors (Lipinski definition) is 6. The summed E-state index contributed by atoms with van der Waals surface area (Å²) in [5, 5.41) is 4.27. The van der Waals surface area contributed by atoms with E-state index in [0.717, 1.165) is 5.56 Å². The molecule has 0 amide bonds. The number of aromatic nitrogens is 4. The Bertz CT molecular complexity index is 990. The molecular weight excluding hydrogens is 366 g/mol. The van der Waals surface area contributed by atoms with Crippen LogP contribution in [-0.2, 0) is 16.4 Å². The summed E-state index contributed by atoms with van der Waals surface area (Å²) in [6, 6.07) is 4.34. The van der Waals surface area contributed by atoms with Crippen LogP contribution in [0.1, 0.15) is 12.0 Å². The molecule has 3 rings (SSSR count). The second-order valence-electron chi connectivity index (χ2n) is 5.26. The number of aryl methyl sites for hydroxylation is 1. The van der Waals surface area contributed by atoms with Gasteiger partial charge in [-0.3, -0.25) is 0 Å². The number of ether oxygens (including phenoxy) is 1. The summed E-state index contributed by atoms with van der Waals surface area (Å²) in [4.78, 5) is 8.24. The molecule has 1 N–H and O–H groups in total. The van der Waals surface area contributed by atoms with Crippen LogP contribution in [0.3, 0.4) is 0 Å². The number of sulfonamides is 1. The molecule has 3 aromatic rings. The molecule has 0 radical (unpaired) electrons. The van der Waals surface area contributed by atoms with Crippen molar-refractivity contribution in [1.29, 1.82) is 0 Å². The van der Waals surface area contributed by atoms with Crippen molar-refractivity contribution in [1.82, 2.24) is 24.3 Å². The number of halogens is 1. The van der Waals surface area contributed by atoms with Crippen LogP contribution >= 0.6 is 11.6 Å². The standard InChI is InChI=1S/C15H16ClN5O3S/c1-24-14-5-4-12(7-13(14)16)25(22,23)20-6-2-3-11-8-17-15-18-10-19-21(15)9-11/h4-5,7-10,20H,2-3,6H2,1H3. The second-order valence-corrected chi connectivity index (χ2v) is 7.44. The van der Waals surface area contributed by atoms with E-state index in [1.54, 1.807) is 10.7 Å². The molecule has 1 aromatic carbocycles. The summed E-state index contributed by atoms with van der Waals surface area (Å²) in [6.45, 7) is 0.293. The van der Waals surface area contributed by atoms with E-state index in [4.69, 9.17) is 16.3 Å². The Morgan fingerprint density at radius 1 is 1.32 bits per heavy atom. The molecule has 0 fully saturated rings. The van der Waals surface area contributed by atoms with Gasteiger partial charge in [0.25, 0.3) is 5.78 Å². The van der Waals surface area contributed by atoms with Crippen molar-refractivity contribution >= 4 is 27.4 Å². The largest absolute Gasteiger partial charge is 0.495 e. The van der Waals surface area contributed by atoms with Gasteiger partial charge in [-0.2, -0.15) is 10.1 Å². The highest BCUT2D eigenvalue weighted by atomic mass is 35.5. The third-order valence-corrected chi connectivity index (χ3v) is 5.31. The number of methoxy groups -OCH3 is 1. The Morgan fingerprint density at radius 3 is 2.92 bits per heavy atom. The SMILES string of the molecule is COc1ccc(S(=O)(=O)NCCCc2cnc3ncnn3c2)cc1Cl. The van der Waals surface area contributed by atoms with Crippen molar-refractivity contribution in [3.8, 4) is 5.75 Å². The summed E-state index contributed by atoms with van der Waals surface area (Å²) >= 11 is 5.98. The van der Waals surface area contributed by atoms with Gasteiger partial charge in [-0.05, 0) is 36.6 Å². The molecule has 0 spiro atoms. The first kappa shape index (κ1) is 17.6. The minimum atomic E-state index is -3.62. The highest BCUT2D eigenvalue weighted by molar-refractivity contribution is 7.89. The van der Waals surface area contributed by atoms with Crippen LogP contribution < -0.4 is 9.46 Å². The molecule has 132 valence electrons.